The number of carboxylic acid groups (broad SMARTS) is 1. The lowest BCUT2D eigenvalue weighted by atomic mass is 10.1. The maximum absolute atomic E-state index is 11.2. The van der Waals surface area contributed by atoms with Gasteiger partial charge in [0.05, 0.1) is 20.4 Å². The highest BCUT2D eigenvalue weighted by molar-refractivity contribution is 6.01. The second-order valence-corrected chi connectivity index (χ2v) is 2.99. The molecule has 0 radical (unpaired) electrons. The molecule has 0 aliphatic carbocycles. The Morgan fingerprint density at radius 2 is 2.00 bits per heavy atom. The summed E-state index contributed by atoms with van der Waals surface area (Å²) in [5, 5.41) is 12.7. The summed E-state index contributed by atoms with van der Waals surface area (Å²) in [6.45, 7) is 0. The molecular weight excluding hydrogens is 226 g/mol. The lowest BCUT2D eigenvalue weighted by molar-refractivity contribution is 0.0692. The Bertz CT molecular complexity index is 442. The number of carbonyl (C=O) groups is 1. The van der Waals surface area contributed by atoms with E-state index in [1.165, 1.54) is 27.5 Å². The summed E-state index contributed by atoms with van der Waals surface area (Å²) >= 11 is 0. The maximum Gasteiger partial charge on any atom is 0.340 e. The van der Waals surface area contributed by atoms with Crippen LogP contribution in [-0.4, -0.2) is 38.6 Å². The number of ether oxygens (including phenoxy) is 2. The topological polar surface area (TPSA) is 77.3 Å². The quantitative estimate of drug-likeness (QED) is 0.620. The van der Waals surface area contributed by atoms with E-state index in [2.05, 4.69) is 9.99 Å². The summed E-state index contributed by atoms with van der Waals surface area (Å²) in [4.78, 5) is 15.7. The lowest BCUT2D eigenvalue weighted by Crippen LogP contribution is -2.06. The fourth-order valence-corrected chi connectivity index (χ4v) is 1.38. The highest BCUT2D eigenvalue weighted by atomic mass is 16.6. The third kappa shape index (κ3) is 2.66. The zero-order valence-corrected chi connectivity index (χ0v) is 9.76. The van der Waals surface area contributed by atoms with E-state index in [-0.39, 0.29) is 11.3 Å². The monoisotopic (exact) mass is 239 g/mol. The summed E-state index contributed by atoms with van der Waals surface area (Å²) in [6.07, 6.45) is 1.30. The van der Waals surface area contributed by atoms with Gasteiger partial charge in [-0.1, -0.05) is 5.16 Å². The molecule has 0 unspecified atom stereocenters. The number of methoxy groups -OCH3 is 2. The van der Waals surface area contributed by atoms with Crippen LogP contribution in [0.5, 0.6) is 11.5 Å². The first kappa shape index (κ1) is 12.8. The van der Waals surface area contributed by atoms with Gasteiger partial charge in [-0.2, -0.15) is 0 Å². The van der Waals surface area contributed by atoms with Crippen LogP contribution in [0, 0.1) is 0 Å². The van der Waals surface area contributed by atoms with Crippen molar-refractivity contribution in [2.24, 2.45) is 5.16 Å². The number of rotatable bonds is 5. The Hall–Kier alpha value is -2.24. The molecule has 0 spiro atoms. The summed E-state index contributed by atoms with van der Waals surface area (Å²) in [5.74, 6) is -0.627. The van der Waals surface area contributed by atoms with Crippen LogP contribution in [0.15, 0.2) is 17.3 Å². The summed E-state index contributed by atoms with van der Waals surface area (Å²) < 4.78 is 10.1. The minimum atomic E-state index is -1.13. The van der Waals surface area contributed by atoms with Crippen molar-refractivity contribution in [3.63, 3.8) is 0 Å². The molecule has 17 heavy (non-hydrogen) atoms. The van der Waals surface area contributed by atoms with Gasteiger partial charge in [0.15, 0.2) is 11.5 Å². The third-order valence-corrected chi connectivity index (χ3v) is 2.09. The number of nitrogens with zero attached hydrogens (tertiary/aromatic N) is 1. The van der Waals surface area contributed by atoms with E-state index in [0.717, 1.165) is 0 Å². The zero-order chi connectivity index (χ0) is 12.8. The van der Waals surface area contributed by atoms with E-state index in [1.54, 1.807) is 12.1 Å². The lowest BCUT2D eigenvalue weighted by Gasteiger charge is -2.11. The van der Waals surface area contributed by atoms with Gasteiger partial charge in [0.1, 0.15) is 12.7 Å². The van der Waals surface area contributed by atoms with Crippen LogP contribution in [0.4, 0.5) is 0 Å². The van der Waals surface area contributed by atoms with Crippen molar-refractivity contribution in [1.82, 2.24) is 0 Å². The molecule has 0 atom stereocenters. The Kier molecular flexibility index (Phi) is 4.33. The van der Waals surface area contributed by atoms with Crippen LogP contribution in [0.25, 0.3) is 0 Å². The molecule has 6 nitrogen and oxygen atoms in total. The van der Waals surface area contributed by atoms with Gasteiger partial charge in [-0.15, -0.1) is 0 Å². The molecule has 92 valence electrons. The van der Waals surface area contributed by atoms with Crippen LogP contribution in [-0.2, 0) is 4.84 Å². The summed E-state index contributed by atoms with van der Waals surface area (Å²) in [6, 6.07) is 3.16. The second-order valence-electron chi connectivity index (χ2n) is 2.99. The van der Waals surface area contributed by atoms with Crippen LogP contribution in [0.1, 0.15) is 15.9 Å². The van der Waals surface area contributed by atoms with Gasteiger partial charge in [-0.05, 0) is 12.1 Å². The normalized spacial score (nSPS) is 10.3. The molecule has 0 saturated heterocycles. The zero-order valence-electron chi connectivity index (χ0n) is 9.76. The molecule has 0 saturated carbocycles. The van der Waals surface area contributed by atoms with Crippen LogP contribution in [0.3, 0.4) is 0 Å². The molecule has 0 aliphatic rings. The molecule has 0 aromatic heterocycles. The molecule has 0 fully saturated rings. The van der Waals surface area contributed by atoms with Crippen molar-refractivity contribution in [1.29, 1.82) is 0 Å². The van der Waals surface area contributed by atoms with Gasteiger partial charge in [0.25, 0.3) is 0 Å². The number of carboxylic acids is 1. The largest absolute Gasteiger partial charge is 0.493 e. The molecule has 0 bridgehead atoms. The predicted octanol–water partition coefficient (Wildman–Crippen LogP) is 1.38. The molecule has 0 heterocycles. The van der Waals surface area contributed by atoms with Crippen LogP contribution < -0.4 is 9.47 Å². The third-order valence-electron chi connectivity index (χ3n) is 2.09. The first-order chi connectivity index (χ1) is 8.15. The molecule has 6 heteroatoms. The fourth-order valence-electron chi connectivity index (χ4n) is 1.38. The van der Waals surface area contributed by atoms with Crippen molar-refractivity contribution in [3.05, 3.63) is 23.3 Å². The first-order valence-electron chi connectivity index (χ1n) is 4.70. The average Bonchev–Trinajstić information content (AvgIpc) is 2.34. The van der Waals surface area contributed by atoms with E-state index in [0.29, 0.717) is 11.3 Å². The number of aromatic carboxylic acids is 1. The van der Waals surface area contributed by atoms with Crippen LogP contribution >= 0.6 is 0 Å². The van der Waals surface area contributed by atoms with Crippen LogP contribution in [0.2, 0.25) is 0 Å². The summed E-state index contributed by atoms with van der Waals surface area (Å²) in [5.41, 5.74) is 0.352. The molecule has 1 rings (SSSR count). The van der Waals surface area contributed by atoms with Crippen molar-refractivity contribution in [2.75, 3.05) is 21.3 Å². The number of hydrogen-bond acceptors (Lipinski definition) is 5. The second kappa shape index (κ2) is 5.74. The molecule has 1 aromatic rings. The highest BCUT2D eigenvalue weighted by Gasteiger charge is 2.19. The van der Waals surface area contributed by atoms with Gasteiger partial charge in [-0.25, -0.2) is 4.79 Å². The van der Waals surface area contributed by atoms with Gasteiger partial charge in [0.2, 0.25) is 0 Å². The predicted molar refractivity (Wildman–Crippen MR) is 61.1 cm³/mol. The molecule has 1 N–H and O–H groups in total. The Balaban J connectivity index is 3.42. The van der Waals surface area contributed by atoms with Crippen molar-refractivity contribution in [2.45, 2.75) is 0 Å². The van der Waals surface area contributed by atoms with Gasteiger partial charge < -0.3 is 19.4 Å². The van der Waals surface area contributed by atoms with E-state index in [4.69, 9.17) is 14.6 Å². The molecular formula is C11H13NO5. The van der Waals surface area contributed by atoms with E-state index in [1.807, 2.05) is 0 Å². The Morgan fingerprint density at radius 3 is 2.47 bits per heavy atom. The summed E-state index contributed by atoms with van der Waals surface area (Å²) in [7, 11) is 4.19. The van der Waals surface area contributed by atoms with Crippen molar-refractivity contribution < 1.29 is 24.2 Å². The number of benzene rings is 1. The van der Waals surface area contributed by atoms with E-state index in [9.17, 15) is 4.79 Å². The van der Waals surface area contributed by atoms with Crippen molar-refractivity contribution >= 4 is 12.2 Å². The van der Waals surface area contributed by atoms with Crippen molar-refractivity contribution in [3.8, 4) is 11.5 Å². The fraction of sp³-hybridized carbons (Fsp3) is 0.273. The molecule has 1 aromatic carbocycles. The smallest absolute Gasteiger partial charge is 0.340 e. The van der Waals surface area contributed by atoms with E-state index >= 15 is 0 Å². The van der Waals surface area contributed by atoms with Gasteiger partial charge in [0, 0.05) is 5.56 Å². The average molecular weight is 239 g/mol. The maximum atomic E-state index is 11.2. The Morgan fingerprint density at radius 1 is 1.29 bits per heavy atom. The number of oxime groups is 1. The highest BCUT2D eigenvalue weighted by Crippen LogP contribution is 2.32. The standard InChI is InChI=1S/C11H13NO5/c1-15-8-5-4-7(6-12-17-3)9(11(13)14)10(8)16-2/h4-6H,1-3H3,(H,13,14)/b12-6+. The van der Waals surface area contributed by atoms with Gasteiger partial charge >= 0.3 is 5.97 Å². The molecule has 0 amide bonds. The SMILES string of the molecule is CO/N=C/c1ccc(OC)c(OC)c1C(=O)O. The number of hydrogen-bond donors (Lipinski definition) is 1. The minimum absolute atomic E-state index is 0.0207. The Labute approximate surface area is 98.4 Å². The minimum Gasteiger partial charge on any atom is -0.493 e. The first-order valence-corrected chi connectivity index (χ1v) is 4.70. The van der Waals surface area contributed by atoms with E-state index < -0.39 is 5.97 Å². The van der Waals surface area contributed by atoms with Gasteiger partial charge in [-0.3, -0.25) is 0 Å². The molecule has 0 aliphatic heterocycles.